The highest BCUT2D eigenvalue weighted by Gasteiger charge is 2.19. The molecule has 6 nitrogen and oxygen atoms in total. The molecule has 2 aromatic carbocycles. The lowest BCUT2D eigenvalue weighted by Gasteiger charge is -2.14. The van der Waals surface area contributed by atoms with Gasteiger partial charge in [0.2, 0.25) is 0 Å². The molecule has 2 aromatic rings. The molecule has 0 aliphatic heterocycles. The molecular weight excluding hydrogens is 375 g/mol. The van der Waals surface area contributed by atoms with E-state index in [1.807, 2.05) is 13.0 Å². The summed E-state index contributed by atoms with van der Waals surface area (Å²) in [6.45, 7) is 2.65. The summed E-state index contributed by atoms with van der Waals surface area (Å²) < 4.78 is 18.4. The molecule has 0 unspecified atom stereocenters. The summed E-state index contributed by atoms with van der Waals surface area (Å²) in [5.41, 5.74) is 1.19. The fraction of sp³-hybridized carbons (Fsp3) is 0.211. The first kappa shape index (κ1) is 20.4. The van der Waals surface area contributed by atoms with Crippen molar-refractivity contribution in [3.8, 4) is 0 Å². The molecule has 0 radical (unpaired) electrons. The van der Waals surface area contributed by atoms with E-state index in [0.717, 1.165) is 11.6 Å². The summed E-state index contributed by atoms with van der Waals surface area (Å²) in [5, 5.41) is 4.99. The van der Waals surface area contributed by atoms with Crippen LogP contribution in [0.15, 0.2) is 42.5 Å². The van der Waals surface area contributed by atoms with Gasteiger partial charge in [-0.1, -0.05) is 29.3 Å². The number of hydrogen-bond acceptors (Lipinski definition) is 4. The molecule has 0 aromatic heterocycles. The normalized spacial score (nSPS) is 11.4. The molecule has 0 spiro atoms. The van der Waals surface area contributed by atoms with E-state index in [0.29, 0.717) is 5.56 Å². The summed E-state index contributed by atoms with van der Waals surface area (Å²) in [6.07, 6.45) is 0. The molecule has 0 saturated carbocycles. The Morgan fingerprint density at radius 2 is 1.93 bits per heavy atom. The van der Waals surface area contributed by atoms with Crippen LogP contribution >= 0.6 is 11.6 Å². The minimum absolute atomic E-state index is 0.121. The zero-order valence-electron chi connectivity index (χ0n) is 14.7. The fourth-order valence-corrected chi connectivity index (χ4v) is 2.34. The van der Waals surface area contributed by atoms with E-state index in [2.05, 4.69) is 10.6 Å². The van der Waals surface area contributed by atoms with Crippen LogP contribution in [0.1, 0.15) is 22.8 Å². The minimum atomic E-state index is -0.964. The quantitative estimate of drug-likeness (QED) is 0.740. The summed E-state index contributed by atoms with van der Waals surface area (Å²) in [5.74, 6) is -2.63. The zero-order chi connectivity index (χ0) is 20.0. The Morgan fingerprint density at radius 1 is 1.19 bits per heavy atom. The van der Waals surface area contributed by atoms with Crippen molar-refractivity contribution in [3.05, 3.63) is 64.4 Å². The number of ether oxygens (including phenoxy) is 1. The van der Waals surface area contributed by atoms with E-state index in [1.165, 1.54) is 19.1 Å². The number of carbonyl (C=O) groups excluding carboxylic acids is 3. The monoisotopic (exact) mass is 392 g/mol. The first-order chi connectivity index (χ1) is 12.8. The van der Waals surface area contributed by atoms with E-state index >= 15 is 0 Å². The third-order valence-corrected chi connectivity index (χ3v) is 3.76. The van der Waals surface area contributed by atoms with E-state index in [-0.39, 0.29) is 10.7 Å². The van der Waals surface area contributed by atoms with Crippen LogP contribution in [0, 0.1) is 12.7 Å². The summed E-state index contributed by atoms with van der Waals surface area (Å²) in [4.78, 5) is 35.8. The van der Waals surface area contributed by atoms with Crippen LogP contribution in [0.5, 0.6) is 0 Å². The first-order valence-corrected chi connectivity index (χ1v) is 8.43. The molecule has 0 bridgehead atoms. The van der Waals surface area contributed by atoms with Crippen molar-refractivity contribution in [1.29, 1.82) is 0 Å². The lowest BCUT2D eigenvalue weighted by atomic mass is 10.1. The van der Waals surface area contributed by atoms with Gasteiger partial charge in [-0.05, 0) is 44.2 Å². The summed E-state index contributed by atoms with van der Waals surface area (Å²) in [7, 11) is 0. The maximum absolute atomic E-state index is 13.6. The van der Waals surface area contributed by atoms with Crippen molar-refractivity contribution >= 4 is 35.1 Å². The highest BCUT2D eigenvalue weighted by molar-refractivity contribution is 6.30. The molecule has 2 N–H and O–H groups in total. The highest BCUT2D eigenvalue weighted by atomic mass is 35.5. The van der Waals surface area contributed by atoms with Gasteiger partial charge in [0.25, 0.3) is 11.8 Å². The van der Waals surface area contributed by atoms with Gasteiger partial charge in [0, 0.05) is 10.6 Å². The van der Waals surface area contributed by atoms with Crippen LogP contribution in [0.2, 0.25) is 5.02 Å². The molecule has 0 heterocycles. The smallest absolute Gasteiger partial charge is 0.328 e. The average molecular weight is 393 g/mol. The Bertz CT molecular complexity index is 873. The largest absolute Gasteiger partial charge is 0.454 e. The number of rotatable bonds is 6. The molecule has 2 amide bonds. The molecule has 0 aliphatic carbocycles. The lowest BCUT2D eigenvalue weighted by molar-refractivity contribution is -0.148. The van der Waals surface area contributed by atoms with Gasteiger partial charge in [-0.3, -0.25) is 9.59 Å². The Hall–Kier alpha value is -2.93. The maximum Gasteiger partial charge on any atom is 0.328 e. The molecule has 8 heteroatoms. The molecule has 2 rings (SSSR count). The minimum Gasteiger partial charge on any atom is -0.454 e. The lowest BCUT2D eigenvalue weighted by Crippen LogP contribution is -2.40. The third kappa shape index (κ3) is 6.07. The van der Waals surface area contributed by atoms with Crippen molar-refractivity contribution in [2.45, 2.75) is 19.9 Å². The highest BCUT2D eigenvalue weighted by Crippen LogP contribution is 2.19. The van der Waals surface area contributed by atoms with Crippen LogP contribution < -0.4 is 10.6 Å². The zero-order valence-corrected chi connectivity index (χ0v) is 15.5. The second-order valence-electron chi connectivity index (χ2n) is 5.84. The number of nitrogens with one attached hydrogen (secondary N) is 2. The Balaban J connectivity index is 1.84. The van der Waals surface area contributed by atoms with Crippen molar-refractivity contribution in [2.24, 2.45) is 0 Å². The van der Waals surface area contributed by atoms with Crippen LogP contribution in [0.4, 0.5) is 10.1 Å². The maximum atomic E-state index is 13.6. The van der Waals surface area contributed by atoms with E-state index in [1.54, 1.807) is 18.2 Å². The van der Waals surface area contributed by atoms with Gasteiger partial charge in [-0.2, -0.15) is 0 Å². The van der Waals surface area contributed by atoms with Gasteiger partial charge in [0.05, 0.1) is 5.69 Å². The van der Waals surface area contributed by atoms with Crippen molar-refractivity contribution in [3.63, 3.8) is 0 Å². The number of benzene rings is 2. The molecule has 142 valence electrons. The number of esters is 1. The van der Waals surface area contributed by atoms with Crippen LogP contribution in [0.25, 0.3) is 0 Å². The number of hydrogen-bond donors (Lipinski definition) is 2. The molecule has 0 aliphatic rings. The molecular formula is C19H18ClFN2O4. The first-order valence-electron chi connectivity index (χ1n) is 8.05. The second kappa shape index (κ2) is 9.14. The molecule has 0 saturated heterocycles. The standard InChI is InChI=1S/C19H18ClFN2O4/c1-11-4-3-5-13(8-11)18(25)22-12(2)19(26)27-10-17(24)23-16-9-14(20)6-7-15(16)21/h3-9,12H,10H2,1-2H3,(H,22,25)(H,23,24)/t12-/m0/s1. The number of anilines is 1. The molecule has 1 atom stereocenters. The van der Waals surface area contributed by atoms with Crippen molar-refractivity contribution < 1.29 is 23.5 Å². The van der Waals surface area contributed by atoms with Crippen LogP contribution in [-0.4, -0.2) is 30.4 Å². The number of carbonyl (C=O) groups is 3. The predicted molar refractivity (Wildman–Crippen MR) is 99.1 cm³/mol. The van der Waals surface area contributed by atoms with Gasteiger partial charge in [-0.25, -0.2) is 9.18 Å². The SMILES string of the molecule is Cc1cccc(C(=O)N[C@@H](C)C(=O)OCC(=O)Nc2cc(Cl)ccc2F)c1. The summed E-state index contributed by atoms with van der Waals surface area (Å²) >= 11 is 5.73. The molecule has 27 heavy (non-hydrogen) atoms. The van der Waals surface area contributed by atoms with Crippen LogP contribution in [-0.2, 0) is 14.3 Å². The number of aryl methyl sites for hydroxylation is 1. The van der Waals surface area contributed by atoms with Gasteiger partial charge in [0.15, 0.2) is 6.61 Å². The molecule has 0 fully saturated rings. The van der Waals surface area contributed by atoms with E-state index < -0.39 is 36.2 Å². The fourth-order valence-electron chi connectivity index (χ4n) is 2.17. The Kier molecular flexibility index (Phi) is 6.90. The van der Waals surface area contributed by atoms with Gasteiger partial charge in [-0.15, -0.1) is 0 Å². The van der Waals surface area contributed by atoms with Gasteiger partial charge < -0.3 is 15.4 Å². The second-order valence-corrected chi connectivity index (χ2v) is 6.28. The Morgan fingerprint density at radius 3 is 2.63 bits per heavy atom. The third-order valence-electron chi connectivity index (χ3n) is 3.53. The predicted octanol–water partition coefficient (Wildman–Crippen LogP) is 3.09. The van der Waals surface area contributed by atoms with Crippen molar-refractivity contribution in [2.75, 3.05) is 11.9 Å². The van der Waals surface area contributed by atoms with Gasteiger partial charge in [0.1, 0.15) is 11.9 Å². The Labute approximate surface area is 160 Å². The summed E-state index contributed by atoms with van der Waals surface area (Å²) in [6, 6.07) is 9.59. The van der Waals surface area contributed by atoms with Crippen molar-refractivity contribution in [1.82, 2.24) is 5.32 Å². The van der Waals surface area contributed by atoms with E-state index in [4.69, 9.17) is 16.3 Å². The number of amides is 2. The van der Waals surface area contributed by atoms with Crippen LogP contribution in [0.3, 0.4) is 0 Å². The van der Waals surface area contributed by atoms with E-state index in [9.17, 15) is 18.8 Å². The average Bonchev–Trinajstić information content (AvgIpc) is 2.62. The topological polar surface area (TPSA) is 84.5 Å². The van der Waals surface area contributed by atoms with Gasteiger partial charge >= 0.3 is 5.97 Å². The number of halogens is 2.